The van der Waals surface area contributed by atoms with E-state index < -0.39 is 11.6 Å². The van der Waals surface area contributed by atoms with Gasteiger partial charge in [-0.2, -0.15) is 0 Å². The summed E-state index contributed by atoms with van der Waals surface area (Å²) >= 11 is 0. The van der Waals surface area contributed by atoms with Gasteiger partial charge in [-0.3, -0.25) is 4.90 Å². The molecule has 5 heteroatoms. The number of aromatic nitrogens is 1. The highest BCUT2D eigenvalue weighted by atomic mass is 19.2. The van der Waals surface area contributed by atoms with Gasteiger partial charge in [0.25, 0.3) is 0 Å². The minimum Gasteiger partial charge on any atom is -0.441 e. The molecule has 2 aromatic rings. The van der Waals surface area contributed by atoms with Gasteiger partial charge in [-0.05, 0) is 45.4 Å². The Morgan fingerprint density at radius 1 is 1.32 bits per heavy atom. The van der Waals surface area contributed by atoms with E-state index in [-0.39, 0.29) is 11.5 Å². The number of piperidine rings is 1. The van der Waals surface area contributed by atoms with Crippen molar-refractivity contribution in [3.8, 4) is 11.5 Å². The van der Waals surface area contributed by atoms with Crippen molar-refractivity contribution < 1.29 is 13.2 Å². The van der Waals surface area contributed by atoms with E-state index in [2.05, 4.69) is 16.8 Å². The van der Waals surface area contributed by atoms with Gasteiger partial charge in [-0.1, -0.05) is 12.5 Å². The second-order valence-corrected chi connectivity index (χ2v) is 5.94. The monoisotopic (exact) mass is 306 g/mol. The molecular formula is C17H20F2N2O. The molecule has 0 bridgehead atoms. The van der Waals surface area contributed by atoms with Crippen LogP contribution in [-0.4, -0.2) is 22.5 Å². The molecule has 1 aliphatic heterocycles. The quantitative estimate of drug-likeness (QED) is 0.846. The third kappa shape index (κ3) is 2.90. The lowest BCUT2D eigenvalue weighted by atomic mass is 10.0. The molecule has 0 saturated carbocycles. The summed E-state index contributed by atoms with van der Waals surface area (Å²) < 4.78 is 32.8. The van der Waals surface area contributed by atoms with E-state index >= 15 is 0 Å². The van der Waals surface area contributed by atoms with Crippen molar-refractivity contribution in [3.05, 3.63) is 41.3 Å². The second kappa shape index (κ2) is 6.16. The Bertz CT molecular complexity index is 669. The second-order valence-electron chi connectivity index (χ2n) is 5.94. The molecule has 1 aliphatic rings. The number of hydrogen-bond donors (Lipinski definition) is 0. The molecule has 1 atom stereocenters. The average molecular weight is 306 g/mol. The SMILES string of the molecule is Cc1oc(-c2cccc(F)c2F)nc1CN1CCCCC1C. The topological polar surface area (TPSA) is 29.3 Å². The third-order valence-electron chi connectivity index (χ3n) is 4.37. The molecule has 0 aliphatic carbocycles. The molecule has 0 amide bonds. The fourth-order valence-electron chi connectivity index (χ4n) is 2.94. The van der Waals surface area contributed by atoms with Gasteiger partial charge in [0.05, 0.1) is 11.3 Å². The van der Waals surface area contributed by atoms with E-state index in [1.54, 1.807) is 0 Å². The molecule has 3 rings (SSSR count). The summed E-state index contributed by atoms with van der Waals surface area (Å²) in [7, 11) is 0. The van der Waals surface area contributed by atoms with Crippen LogP contribution in [0.15, 0.2) is 22.6 Å². The van der Waals surface area contributed by atoms with Crippen LogP contribution in [0, 0.1) is 18.6 Å². The summed E-state index contributed by atoms with van der Waals surface area (Å²) in [5.41, 5.74) is 0.869. The van der Waals surface area contributed by atoms with Crippen molar-refractivity contribution in [3.63, 3.8) is 0 Å². The normalized spacial score (nSPS) is 19.5. The molecule has 2 heterocycles. The van der Waals surface area contributed by atoms with Gasteiger partial charge < -0.3 is 4.42 Å². The smallest absolute Gasteiger partial charge is 0.229 e. The zero-order valence-corrected chi connectivity index (χ0v) is 12.9. The molecule has 0 N–H and O–H groups in total. The first-order chi connectivity index (χ1) is 10.6. The fraction of sp³-hybridized carbons (Fsp3) is 0.471. The zero-order valence-electron chi connectivity index (χ0n) is 12.9. The summed E-state index contributed by atoms with van der Waals surface area (Å²) in [6.45, 7) is 5.75. The Balaban J connectivity index is 1.86. The number of hydrogen-bond acceptors (Lipinski definition) is 3. The Hall–Kier alpha value is -1.75. The van der Waals surface area contributed by atoms with Gasteiger partial charge in [-0.25, -0.2) is 13.8 Å². The molecule has 22 heavy (non-hydrogen) atoms. The van der Waals surface area contributed by atoms with Crippen LogP contribution in [0.1, 0.15) is 37.6 Å². The lowest BCUT2D eigenvalue weighted by Gasteiger charge is -2.32. The van der Waals surface area contributed by atoms with Crippen molar-refractivity contribution in [2.24, 2.45) is 0 Å². The van der Waals surface area contributed by atoms with Gasteiger partial charge in [0.2, 0.25) is 5.89 Å². The van der Waals surface area contributed by atoms with Crippen LogP contribution < -0.4 is 0 Å². The molecule has 1 aromatic carbocycles. The molecule has 0 spiro atoms. The standard InChI is InChI=1S/C17H20F2N2O/c1-11-6-3-4-9-21(11)10-15-12(2)22-17(20-15)13-7-5-8-14(18)16(13)19/h5,7-8,11H,3-4,6,9-10H2,1-2H3. The van der Waals surface area contributed by atoms with Crippen molar-refractivity contribution in [2.45, 2.75) is 45.7 Å². The number of aryl methyl sites for hydroxylation is 1. The highest BCUT2D eigenvalue weighted by molar-refractivity contribution is 5.54. The number of oxazole rings is 1. The van der Waals surface area contributed by atoms with E-state index in [0.717, 1.165) is 18.3 Å². The Morgan fingerprint density at radius 3 is 2.91 bits per heavy atom. The summed E-state index contributed by atoms with van der Waals surface area (Å²) in [5.74, 6) is -0.994. The minimum absolute atomic E-state index is 0.0704. The highest BCUT2D eigenvalue weighted by Gasteiger charge is 2.22. The third-order valence-corrected chi connectivity index (χ3v) is 4.37. The van der Waals surface area contributed by atoms with E-state index in [1.807, 2.05) is 6.92 Å². The first-order valence-electron chi connectivity index (χ1n) is 7.71. The number of benzene rings is 1. The maximum absolute atomic E-state index is 13.9. The van der Waals surface area contributed by atoms with Crippen LogP contribution in [0.2, 0.25) is 0 Å². The molecule has 1 saturated heterocycles. The maximum atomic E-state index is 13.9. The van der Waals surface area contributed by atoms with E-state index in [0.29, 0.717) is 18.3 Å². The van der Waals surface area contributed by atoms with Gasteiger partial charge in [-0.15, -0.1) is 0 Å². The zero-order chi connectivity index (χ0) is 15.7. The van der Waals surface area contributed by atoms with E-state index in [1.165, 1.54) is 31.4 Å². The van der Waals surface area contributed by atoms with Crippen LogP contribution in [0.5, 0.6) is 0 Å². The van der Waals surface area contributed by atoms with E-state index in [4.69, 9.17) is 4.42 Å². The Kier molecular flexibility index (Phi) is 4.25. The lowest BCUT2D eigenvalue weighted by Crippen LogP contribution is -2.37. The Morgan fingerprint density at radius 2 is 2.14 bits per heavy atom. The van der Waals surface area contributed by atoms with Crippen LogP contribution in [-0.2, 0) is 6.54 Å². The molecule has 1 aromatic heterocycles. The van der Waals surface area contributed by atoms with Gasteiger partial charge >= 0.3 is 0 Å². The largest absolute Gasteiger partial charge is 0.441 e. The highest BCUT2D eigenvalue weighted by Crippen LogP contribution is 2.27. The number of rotatable bonds is 3. The summed E-state index contributed by atoms with van der Waals surface area (Å²) in [6.07, 6.45) is 3.63. The first kappa shape index (κ1) is 15.2. The Labute approximate surface area is 129 Å². The van der Waals surface area contributed by atoms with Crippen molar-refractivity contribution >= 4 is 0 Å². The molecule has 118 valence electrons. The molecular weight excluding hydrogens is 286 g/mol. The van der Waals surface area contributed by atoms with Gasteiger partial charge in [0, 0.05) is 12.6 Å². The minimum atomic E-state index is -0.915. The number of nitrogens with zero attached hydrogens (tertiary/aromatic N) is 2. The summed E-state index contributed by atoms with van der Waals surface area (Å²) in [6, 6.07) is 4.54. The van der Waals surface area contributed by atoms with Crippen molar-refractivity contribution in [1.82, 2.24) is 9.88 Å². The lowest BCUT2D eigenvalue weighted by molar-refractivity contribution is 0.150. The summed E-state index contributed by atoms with van der Waals surface area (Å²) in [4.78, 5) is 6.76. The van der Waals surface area contributed by atoms with Crippen LogP contribution in [0.3, 0.4) is 0 Å². The summed E-state index contributed by atoms with van der Waals surface area (Å²) in [5, 5.41) is 0. The average Bonchev–Trinajstić information content (AvgIpc) is 2.85. The predicted molar refractivity (Wildman–Crippen MR) is 80.3 cm³/mol. The van der Waals surface area contributed by atoms with Gasteiger partial charge in [0.1, 0.15) is 5.76 Å². The molecule has 3 nitrogen and oxygen atoms in total. The van der Waals surface area contributed by atoms with Gasteiger partial charge in [0.15, 0.2) is 11.6 Å². The predicted octanol–water partition coefficient (Wildman–Crippen LogP) is 4.30. The molecule has 1 unspecified atom stereocenters. The molecule has 0 radical (unpaired) electrons. The van der Waals surface area contributed by atoms with Crippen LogP contribution >= 0.6 is 0 Å². The number of halogens is 2. The number of likely N-dealkylation sites (tertiary alicyclic amines) is 1. The first-order valence-corrected chi connectivity index (χ1v) is 7.71. The van der Waals surface area contributed by atoms with Crippen molar-refractivity contribution in [1.29, 1.82) is 0 Å². The van der Waals surface area contributed by atoms with E-state index in [9.17, 15) is 8.78 Å². The maximum Gasteiger partial charge on any atom is 0.229 e. The molecule has 1 fully saturated rings. The van der Waals surface area contributed by atoms with Crippen LogP contribution in [0.4, 0.5) is 8.78 Å². The fourth-order valence-corrected chi connectivity index (χ4v) is 2.94. The van der Waals surface area contributed by atoms with Crippen LogP contribution in [0.25, 0.3) is 11.5 Å². The van der Waals surface area contributed by atoms with Crippen molar-refractivity contribution in [2.75, 3.05) is 6.54 Å².